The van der Waals surface area contributed by atoms with E-state index in [0.29, 0.717) is 32.8 Å². The summed E-state index contributed by atoms with van der Waals surface area (Å²) in [7, 11) is 0. The number of nitrogens with zero attached hydrogens (tertiary/aromatic N) is 3. The second-order valence-electron chi connectivity index (χ2n) is 5.24. The van der Waals surface area contributed by atoms with Crippen molar-refractivity contribution >= 4 is 5.91 Å². The molecule has 1 aliphatic rings. The van der Waals surface area contributed by atoms with E-state index in [4.69, 9.17) is 4.74 Å². The highest BCUT2D eigenvalue weighted by Crippen LogP contribution is 2.01. The van der Waals surface area contributed by atoms with Crippen LogP contribution >= 0.6 is 0 Å². The molecule has 0 atom stereocenters. The molecule has 1 aromatic heterocycles. The molecule has 1 amide bonds. The van der Waals surface area contributed by atoms with Crippen LogP contribution in [0.5, 0.6) is 0 Å². The van der Waals surface area contributed by atoms with Gasteiger partial charge in [0.05, 0.1) is 19.8 Å². The number of morpholine rings is 1. The molecule has 0 radical (unpaired) electrons. The van der Waals surface area contributed by atoms with Gasteiger partial charge in [0, 0.05) is 19.2 Å². The standard InChI is InChI=1S/C16H18N4O3/c21-15-7-6-14(16(22)18-19-8-10-23-11-9-19)17-20(15)12-13-4-2-1-3-5-13/h1-7H,8-12H2,(H,18,22). The average Bonchev–Trinajstić information content (AvgIpc) is 2.58. The number of carbonyl (C=O) groups excluding carboxylic acids is 1. The van der Waals surface area contributed by atoms with E-state index in [0.717, 1.165) is 5.56 Å². The van der Waals surface area contributed by atoms with Gasteiger partial charge in [0.1, 0.15) is 5.69 Å². The van der Waals surface area contributed by atoms with Crippen LogP contribution in [0.1, 0.15) is 16.1 Å². The van der Waals surface area contributed by atoms with Crippen LogP contribution in [0, 0.1) is 0 Å². The Bertz CT molecular complexity index is 724. The summed E-state index contributed by atoms with van der Waals surface area (Å²) in [5, 5.41) is 5.96. The Kier molecular flexibility index (Phi) is 4.80. The van der Waals surface area contributed by atoms with E-state index in [1.807, 2.05) is 30.3 Å². The first kappa shape index (κ1) is 15.4. The maximum atomic E-state index is 12.3. The van der Waals surface area contributed by atoms with Crippen LogP contribution in [-0.2, 0) is 11.3 Å². The molecule has 2 heterocycles. The van der Waals surface area contributed by atoms with Crippen LogP contribution in [0.25, 0.3) is 0 Å². The Morgan fingerprint density at radius 2 is 1.87 bits per heavy atom. The van der Waals surface area contributed by atoms with Crippen molar-refractivity contribution in [3.05, 3.63) is 64.1 Å². The highest BCUT2D eigenvalue weighted by atomic mass is 16.5. The highest BCUT2D eigenvalue weighted by molar-refractivity contribution is 5.91. The number of hydrazine groups is 1. The van der Waals surface area contributed by atoms with Gasteiger partial charge in [0.15, 0.2) is 0 Å². The minimum Gasteiger partial charge on any atom is -0.379 e. The van der Waals surface area contributed by atoms with Gasteiger partial charge in [-0.2, -0.15) is 5.10 Å². The zero-order valence-electron chi connectivity index (χ0n) is 12.6. The molecule has 1 fully saturated rings. The van der Waals surface area contributed by atoms with Gasteiger partial charge in [-0.15, -0.1) is 0 Å². The number of nitrogens with one attached hydrogen (secondary N) is 1. The number of benzene rings is 1. The van der Waals surface area contributed by atoms with Gasteiger partial charge in [-0.3, -0.25) is 15.0 Å². The van der Waals surface area contributed by atoms with E-state index < -0.39 is 0 Å². The lowest BCUT2D eigenvalue weighted by molar-refractivity contribution is 0.0124. The number of rotatable bonds is 4. The fourth-order valence-corrected chi connectivity index (χ4v) is 2.32. The van der Waals surface area contributed by atoms with Crippen molar-refractivity contribution in [3.8, 4) is 0 Å². The van der Waals surface area contributed by atoms with Gasteiger partial charge in [0.25, 0.3) is 11.5 Å². The fourth-order valence-electron chi connectivity index (χ4n) is 2.32. The second-order valence-corrected chi connectivity index (χ2v) is 5.24. The van der Waals surface area contributed by atoms with Crippen molar-refractivity contribution in [2.75, 3.05) is 26.3 Å². The molecule has 0 spiro atoms. The SMILES string of the molecule is O=C(NN1CCOCC1)c1ccc(=O)n(Cc2ccccc2)n1. The zero-order valence-corrected chi connectivity index (χ0v) is 12.6. The quantitative estimate of drug-likeness (QED) is 0.876. The highest BCUT2D eigenvalue weighted by Gasteiger charge is 2.16. The number of hydrogen-bond donors (Lipinski definition) is 1. The molecular weight excluding hydrogens is 296 g/mol. The molecule has 1 aliphatic heterocycles. The van der Waals surface area contributed by atoms with E-state index in [2.05, 4.69) is 10.5 Å². The van der Waals surface area contributed by atoms with Crippen molar-refractivity contribution < 1.29 is 9.53 Å². The molecule has 120 valence electrons. The summed E-state index contributed by atoms with van der Waals surface area (Å²) in [4.78, 5) is 24.2. The molecule has 23 heavy (non-hydrogen) atoms. The van der Waals surface area contributed by atoms with Gasteiger partial charge in [0.2, 0.25) is 0 Å². The van der Waals surface area contributed by atoms with Crippen molar-refractivity contribution in [2.45, 2.75) is 6.54 Å². The first-order chi connectivity index (χ1) is 11.2. The molecule has 0 saturated carbocycles. The Balaban J connectivity index is 1.74. The van der Waals surface area contributed by atoms with Crippen molar-refractivity contribution in [1.29, 1.82) is 0 Å². The molecule has 0 bridgehead atoms. The minimum absolute atomic E-state index is 0.215. The third-order valence-electron chi connectivity index (χ3n) is 3.55. The molecule has 2 aromatic rings. The number of ether oxygens (including phenoxy) is 1. The van der Waals surface area contributed by atoms with Crippen LogP contribution in [0.2, 0.25) is 0 Å². The van der Waals surface area contributed by atoms with Crippen LogP contribution in [0.15, 0.2) is 47.3 Å². The van der Waals surface area contributed by atoms with E-state index in [9.17, 15) is 9.59 Å². The molecular formula is C16H18N4O3. The third kappa shape index (κ3) is 4.02. The summed E-state index contributed by atoms with van der Waals surface area (Å²) < 4.78 is 6.53. The maximum Gasteiger partial charge on any atom is 0.286 e. The van der Waals surface area contributed by atoms with Gasteiger partial charge in [-0.05, 0) is 11.6 Å². The molecule has 3 rings (SSSR count). The van der Waals surface area contributed by atoms with Gasteiger partial charge >= 0.3 is 0 Å². The summed E-state index contributed by atoms with van der Waals surface area (Å²) in [6.07, 6.45) is 0. The molecule has 7 nitrogen and oxygen atoms in total. The molecule has 1 saturated heterocycles. The van der Waals surface area contributed by atoms with E-state index in [1.54, 1.807) is 5.01 Å². The Hall–Kier alpha value is -2.51. The molecule has 0 unspecified atom stereocenters. The largest absolute Gasteiger partial charge is 0.379 e. The van der Waals surface area contributed by atoms with Crippen molar-refractivity contribution in [1.82, 2.24) is 20.2 Å². The summed E-state index contributed by atoms with van der Waals surface area (Å²) in [5.41, 5.74) is 3.71. The lowest BCUT2D eigenvalue weighted by Crippen LogP contribution is -2.48. The summed E-state index contributed by atoms with van der Waals surface area (Å²) in [6.45, 7) is 2.77. The zero-order chi connectivity index (χ0) is 16.1. The van der Waals surface area contributed by atoms with Crippen molar-refractivity contribution in [2.24, 2.45) is 0 Å². The molecule has 1 N–H and O–H groups in total. The summed E-state index contributed by atoms with van der Waals surface area (Å²) in [6, 6.07) is 12.3. The smallest absolute Gasteiger partial charge is 0.286 e. The predicted molar refractivity (Wildman–Crippen MR) is 83.9 cm³/mol. The van der Waals surface area contributed by atoms with Gasteiger partial charge < -0.3 is 4.74 Å². The summed E-state index contributed by atoms with van der Waals surface area (Å²) in [5.74, 6) is -0.325. The van der Waals surface area contributed by atoms with E-state index in [1.165, 1.54) is 16.8 Å². The first-order valence-corrected chi connectivity index (χ1v) is 7.48. The summed E-state index contributed by atoms with van der Waals surface area (Å²) >= 11 is 0. The lowest BCUT2D eigenvalue weighted by Gasteiger charge is -2.26. The van der Waals surface area contributed by atoms with Crippen molar-refractivity contribution in [3.63, 3.8) is 0 Å². The number of aromatic nitrogens is 2. The normalized spacial score (nSPS) is 15.3. The predicted octanol–water partition coefficient (Wildman–Crippen LogP) is 0.269. The van der Waals surface area contributed by atoms with Gasteiger partial charge in [-0.25, -0.2) is 9.69 Å². The Labute approximate surface area is 133 Å². The third-order valence-corrected chi connectivity index (χ3v) is 3.55. The monoisotopic (exact) mass is 314 g/mol. The second kappa shape index (κ2) is 7.17. The maximum absolute atomic E-state index is 12.3. The number of carbonyl (C=O) groups is 1. The molecule has 1 aromatic carbocycles. The Morgan fingerprint density at radius 1 is 1.13 bits per heavy atom. The van der Waals surface area contributed by atoms with Crippen LogP contribution in [-0.4, -0.2) is 47.0 Å². The lowest BCUT2D eigenvalue weighted by atomic mass is 10.2. The van der Waals surface area contributed by atoms with E-state index >= 15 is 0 Å². The van der Waals surface area contributed by atoms with Crippen LogP contribution in [0.4, 0.5) is 0 Å². The first-order valence-electron chi connectivity index (χ1n) is 7.48. The molecule has 0 aliphatic carbocycles. The van der Waals surface area contributed by atoms with Crippen LogP contribution < -0.4 is 11.0 Å². The topological polar surface area (TPSA) is 76.5 Å². The van der Waals surface area contributed by atoms with E-state index in [-0.39, 0.29) is 17.2 Å². The van der Waals surface area contributed by atoms with Gasteiger partial charge in [-0.1, -0.05) is 30.3 Å². The fraction of sp³-hybridized carbons (Fsp3) is 0.312. The number of hydrogen-bond acceptors (Lipinski definition) is 5. The van der Waals surface area contributed by atoms with Crippen LogP contribution in [0.3, 0.4) is 0 Å². The average molecular weight is 314 g/mol. The Morgan fingerprint density at radius 3 is 2.61 bits per heavy atom. The minimum atomic E-state index is -0.325. The number of amides is 1. The molecule has 7 heteroatoms.